The van der Waals surface area contributed by atoms with Crippen molar-refractivity contribution in [3.05, 3.63) is 34.3 Å². The van der Waals surface area contributed by atoms with E-state index >= 15 is 0 Å². The zero-order chi connectivity index (χ0) is 12.5. The molecule has 1 heterocycles. The SMILES string of the molecule is O=C1C2CCCCC2=NN1Cc1ccccc1Br. The minimum atomic E-state index is 0.0706. The number of hydrogen-bond donors (Lipinski definition) is 0. The van der Waals surface area contributed by atoms with Crippen molar-refractivity contribution in [3.63, 3.8) is 0 Å². The molecule has 4 heteroatoms. The first-order valence-corrected chi connectivity index (χ1v) is 7.17. The van der Waals surface area contributed by atoms with E-state index in [-0.39, 0.29) is 11.8 Å². The van der Waals surface area contributed by atoms with Gasteiger partial charge in [0.15, 0.2) is 0 Å². The number of hydrazone groups is 1. The Morgan fingerprint density at radius 2 is 2.17 bits per heavy atom. The highest BCUT2D eigenvalue weighted by atomic mass is 79.9. The van der Waals surface area contributed by atoms with Gasteiger partial charge in [-0.25, -0.2) is 5.01 Å². The maximum absolute atomic E-state index is 12.3. The van der Waals surface area contributed by atoms with Crippen LogP contribution in [0.2, 0.25) is 0 Å². The molecule has 1 aliphatic carbocycles. The van der Waals surface area contributed by atoms with Gasteiger partial charge in [0.05, 0.1) is 18.2 Å². The van der Waals surface area contributed by atoms with Crippen molar-refractivity contribution in [2.75, 3.05) is 0 Å². The standard InChI is InChI=1S/C14H15BrN2O/c15-12-7-3-1-5-10(12)9-17-14(18)11-6-2-4-8-13(11)16-17/h1,3,5,7,11H,2,4,6,8-9H2. The Bertz CT molecular complexity index is 512. The molecule has 3 nitrogen and oxygen atoms in total. The van der Waals surface area contributed by atoms with E-state index in [9.17, 15) is 4.79 Å². The van der Waals surface area contributed by atoms with Crippen LogP contribution in [0.1, 0.15) is 31.2 Å². The van der Waals surface area contributed by atoms with Crippen molar-refractivity contribution in [3.8, 4) is 0 Å². The Kier molecular flexibility index (Phi) is 3.20. The van der Waals surface area contributed by atoms with Gasteiger partial charge in [-0.15, -0.1) is 0 Å². The van der Waals surface area contributed by atoms with Crippen LogP contribution < -0.4 is 0 Å². The van der Waals surface area contributed by atoms with Gasteiger partial charge >= 0.3 is 0 Å². The minimum absolute atomic E-state index is 0.0706. The topological polar surface area (TPSA) is 32.7 Å². The summed E-state index contributed by atoms with van der Waals surface area (Å²) in [6.07, 6.45) is 4.29. The summed E-state index contributed by atoms with van der Waals surface area (Å²) in [5.74, 6) is 0.252. The maximum atomic E-state index is 12.3. The Morgan fingerprint density at radius 1 is 1.33 bits per heavy atom. The quantitative estimate of drug-likeness (QED) is 0.825. The van der Waals surface area contributed by atoms with Gasteiger partial charge in [0.1, 0.15) is 0 Å². The molecular formula is C14H15BrN2O. The Balaban J connectivity index is 1.80. The lowest BCUT2D eigenvalue weighted by atomic mass is 9.87. The van der Waals surface area contributed by atoms with Crippen molar-refractivity contribution < 1.29 is 4.79 Å². The van der Waals surface area contributed by atoms with Crippen LogP contribution in [0.3, 0.4) is 0 Å². The third kappa shape index (κ3) is 2.09. The van der Waals surface area contributed by atoms with E-state index in [0.717, 1.165) is 35.0 Å². The van der Waals surface area contributed by atoms with E-state index < -0.39 is 0 Å². The molecule has 1 unspecified atom stereocenters. The number of fused-ring (bicyclic) bond motifs is 1. The fourth-order valence-corrected chi connectivity index (χ4v) is 3.08. The Hall–Kier alpha value is -1.16. The van der Waals surface area contributed by atoms with E-state index in [1.54, 1.807) is 5.01 Å². The van der Waals surface area contributed by atoms with Crippen LogP contribution >= 0.6 is 15.9 Å². The van der Waals surface area contributed by atoms with Crippen LogP contribution in [0.5, 0.6) is 0 Å². The summed E-state index contributed by atoms with van der Waals surface area (Å²) in [4.78, 5) is 12.3. The lowest BCUT2D eigenvalue weighted by Crippen LogP contribution is -2.28. The van der Waals surface area contributed by atoms with Gasteiger partial charge in [0.25, 0.3) is 5.91 Å². The molecule has 1 aliphatic heterocycles. The molecule has 2 aliphatic rings. The van der Waals surface area contributed by atoms with Gasteiger partial charge in [0.2, 0.25) is 0 Å². The van der Waals surface area contributed by atoms with Crippen molar-refractivity contribution in [1.82, 2.24) is 5.01 Å². The lowest BCUT2D eigenvalue weighted by Gasteiger charge is -2.17. The van der Waals surface area contributed by atoms with Crippen LogP contribution in [-0.4, -0.2) is 16.6 Å². The average molecular weight is 307 g/mol. The third-order valence-electron chi connectivity index (χ3n) is 3.66. The van der Waals surface area contributed by atoms with Crippen molar-refractivity contribution in [2.45, 2.75) is 32.2 Å². The van der Waals surface area contributed by atoms with Gasteiger partial charge in [0, 0.05) is 4.47 Å². The number of nitrogens with zero attached hydrogens (tertiary/aromatic N) is 2. The summed E-state index contributed by atoms with van der Waals surface area (Å²) in [5.41, 5.74) is 2.20. The van der Waals surface area contributed by atoms with Gasteiger partial charge in [-0.05, 0) is 30.9 Å². The maximum Gasteiger partial charge on any atom is 0.251 e. The third-order valence-corrected chi connectivity index (χ3v) is 4.43. The van der Waals surface area contributed by atoms with Crippen molar-refractivity contribution in [1.29, 1.82) is 0 Å². The molecule has 0 N–H and O–H groups in total. The van der Waals surface area contributed by atoms with Crippen LogP contribution in [0.4, 0.5) is 0 Å². The van der Waals surface area contributed by atoms with Crippen molar-refractivity contribution in [2.24, 2.45) is 11.0 Å². The summed E-state index contributed by atoms with van der Waals surface area (Å²) < 4.78 is 1.04. The number of rotatable bonds is 2. The highest BCUT2D eigenvalue weighted by molar-refractivity contribution is 9.10. The molecule has 1 aromatic rings. The van der Waals surface area contributed by atoms with Crippen LogP contribution in [0.15, 0.2) is 33.8 Å². The highest BCUT2D eigenvalue weighted by Gasteiger charge is 2.36. The fraction of sp³-hybridized carbons (Fsp3) is 0.429. The number of benzene rings is 1. The molecule has 1 saturated carbocycles. The molecule has 0 spiro atoms. The molecule has 18 heavy (non-hydrogen) atoms. The van der Waals surface area contributed by atoms with Gasteiger partial charge < -0.3 is 0 Å². The first-order chi connectivity index (χ1) is 8.75. The van der Waals surface area contributed by atoms with E-state index in [4.69, 9.17) is 0 Å². The zero-order valence-electron chi connectivity index (χ0n) is 10.1. The van der Waals surface area contributed by atoms with E-state index in [1.165, 1.54) is 6.42 Å². The molecule has 1 aromatic carbocycles. The predicted molar refractivity (Wildman–Crippen MR) is 74.1 cm³/mol. The second-order valence-electron chi connectivity index (χ2n) is 4.88. The van der Waals surface area contributed by atoms with Gasteiger partial charge in [-0.2, -0.15) is 5.10 Å². The first-order valence-electron chi connectivity index (χ1n) is 6.38. The second kappa shape index (κ2) is 4.84. The van der Waals surface area contributed by atoms with E-state index in [1.807, 2.05) is 24.3 Å². The van der Waals surface area contributed by atoms with Crippen LogP contribution in [-0.2, 0) is 11.3 Å². The van der Waals surface area contributed by atoms with E-state index in [2.05, 4.69) is 21.0 Å². The van der Waals surface area contributed by atoms with Crippen LogP contribution in [0.25, 0.3) is 0 Å². The molecule has 0 aromatic heterocycles. The Morgan fingerprint density at radius 3 is 2.94 bits per heavy atom. The molecule has 0 bridgehead atoms. The number of amides is 1. The summed E-state index contributed by atoms with van der Waals surface area (Å²) in [6.45, 7) is 0.570. The number of carbonyl (C=O) groups excluding carboxylic acids is 1. The predicted octanol–water partition coefficient (Wildman–Crippen LogP) is 3.34. The normalized spacial score (nSPS) is 22.9. The second-order valence-corrected chi connectivity index (χ2v) is 5.73. The zero-order valence-corrected chi connectivity index (χ0v) is 11.7. The molecule has 0 radical (unpaired) electrons. The molecule has 1 atom stereocenters. The average Bonchev–Trinajstić information content (AvgIpc) is 2.70. The summed E-state index contributed by atoms with van der Waals surface area (Å²) in [5, 5.41) is 6.15. The molecule has 0 saturated heterocycles. The number of halogens is 1. The smallest absolute Gasteiger partial charge is 0.251 e. The molecule has 1 amide bonds. The number of hydrogen-bond acceptors (Lipinski definition) is 2. The fourth-order valence-electron chi connectivity index (χ4n) is 2.67. The van der Waals surface area contributed by atoms with Gasteiger partial charge in [-0.1, -0.05) is 40.5 Å². The highest BCUT2D eigenvalue weighted by Crippen LogP contribution is 2.30. The lowest BCUT2D eigenvalue weighted by molar-refractivity contribution is -0.132. The molecule has 1 fully saturated rings. The molecular weight excluding hydrogens is 292 g/mol. The van der Waals surface area contributed by atoms with Crippen molar-refractivity contribution >= 4 is 27.5 Å². The van der Waals surface area contributed by atoms with E-state index in [0.29, 0.717) is 6.54 Å². The summed E-state index contributed by atoms with van der Waals surface area (Å²) in [7, 11) is 0. The monoisotopic (exact) mass is 306 g/mol. The summed E-state index contributed by atoms with van der Waals surface area (Å²) in [6, 6.07) is 7.99. The minimum Gasteiger partial charge on any atom is -0.272 e. The number of carbonyl (C=O) groups is 1. The summed E-state index contributed by atoms with van der Waals surface area (Å²) >= 11 is 3.51. The molecule has 94 valence electrons. The molecule has 3 rings (SSSR count). The Labute approximate surface area is 115 Å². The largest absolute Gasteiger partial charge is 0.272 e. The van der Waals surface area contributed by atoms with Crippen LogP contribution in [0, 0.1) is 5.92 Å². The van der Waals surface area contributed by atoms with Gasteiger partial charge in [-0.3, -0.25) is 4.79 Å². The first kappa shape index (κ1) is 11.9.